The van der Waals surface area contributed by atoms with Crippen molar-refractivity contribution in [1.82, 2.24) is 14.9 Å². The van der Waals surface area contributed by atoms with E-state index in [-0.39, 0.29) is 0 Å². The van der Waals surface area contributed by atoms with Crippen LogP contribution in [0.15, 0.2) is 12.3 Å². The van der Waals surface area contributed by atoms with Crippen molar-refractivity contribution >= 4 is 11.8 Å². The van der Waals surface area contributed by atoms with Gasteiger partial charge in [-0.05, 0) is 50.6 Å². The molecule has 3 fully saturated rings. The van der Waals surface area contributed by atoms with Crippen LogP contribution in [0.5, 0.6) is 0 Å². The molecule has 1 aliphatic carbocycles. The number of likely N-dealkylation sites (tertiary alicyclic amines) is 1. The molecule has 4 rings (SSSR count). The molecule has 3 aliphatic rings. The van der Waals surface area contributed by atoms with Gasteiger partial charge in [0.1, 0.15) is 5.82 Å². The zero-order valence-electron chi connectivity index (χ0n) is 17.4. The molecule has 0 spiro atoms. The van der Waals surface area contributed by atoms with E-state index in [1.807, 2.05) is 6.20 Å². The third-order valence-corrected chi connectivity index (χ3v) is 6.98. The molecule has 2 unspecified atom stereocenters. The first kappa shape index (κ1) is 19.9. The lowest BCUT2D eigenvalue weighted by atomic mass is 9.94. The third kappa shape index (κ3) is 4.95. The standard InChI is InChI=1S/C22H38N6/c23-12-10-18-16-28(19-8-4-3-5-9-19)17-20(18)25-22-24-13-11-21(26-22)27-14-6-1-2-7-15-27/h11,13,18-20H,1-10,12,14-17,23H2,(H,24,25,26). The molecule has 28 heavy (non-hydrogen) atoms. The van der Waals surface area contributed by atoms with Crippen LogP contribution < -0.4 is 16.0 Å². The molecule has 1 aromatic rings. The van der Waals surface area contributed by atoms with Crippen molar-refractivity contribution in [3.05, 3.63) is 12.3 Å². The summed E-state index contributed by atoms with van der Waals surface area (Å²) in [5.74, 6) is 2.47. The highest BCUT2D eigenvalue weighted by Gasteiger charge is 2.36. The monoisotopic (exact) mass is 386 g/mol. The number of aromatic nitrogens is 2. The number of nitrogens with two attached hydrogens (primary N) is 1. The lowest BCUT2D eigenvalue weighted by Crippen LogP contribution is -2.36. The Hall–Kier alpha value is -1.40. The van der Waals surface area contributed by atoms with E-state index in [1.54, 1.807) is 0 Å². The van der Waals surface area contributed by atoms with Gasteiger partial charge in [0.05, 0.1) is 0 Å². The molecule has 2 atom stereocenters. The second-order valence-corrected chi connectivity index (χ2v) is 8.97. The summed E-state index contributed by atoms with van der Waals surface area (Å²) in [4.78, 5) is 14.6. The zero-order chi connectivity index (χ0) is 19.2. The van der Waals surface area contributed by atoms with E-state index in [0.717, 1.165) is 50.4 Å². The highest BCUT2D eigenvalue weighted by atomic mass is 15.3. The Balaban J connectivity index is 1.42. The van der Waals surface area contributed by atoms with Gasteiger partial charge in [0, 0.05) is 44.5 Å². The number of nitrogens with one attached hydrogen (secondary N) is 1. The summed E-state index contributed by atoms with van der Waals surface area (Å²) in [5, 5.41) is 3.69. The first-order valence-electron chi connectivity index (χ1n) is 11.6. The summed E-state index contributed by atoms with van der Waals surface area (Å²) in [6, 6.07) is 3.24. The van der Waals surface area contributed by atoms with Gasteiger partial charge in [-0.2, -0.15) is 4.98 Å². The Morgan fingerprint density at radius 2 is 1.75 bits per heavy atom. The number of hydrogen-bond acceptors (Lipinski definition) is 6. The van der Waals surface area contributed by atoms with Crippen LogP contribution in [-0.2, 0) is 0 Å². The van der Waals surface area contributed by atoms with Gasteiger partial charge in [-0.15, -0.1) is 0 Å². The van der Waals surface area contributed by atoms with Crippen molar-refractivity contribution in [2.75, 3.05) is 42.9 Å². The summed E-state index contributed by atoms with van der Waals surface area (Å²) >= 11 is 0. The summed E-state index contributed by atoms with van der Waals surface area (Å²) in [5.41, 5.74) is 5.94. The second-order valence-electron chi connectivity index (χ2n) is 8.97. The van der Waals surface area contributed by atoms with Crippen LogP contribution in [0.4, 0.5) is 11.8 Å². The van der Waals surface area contributed by atoms with Crippen molar-refractivity contribution in [3.8, 4) is 0 Å². The molecule has 156 valence electrons. The van der Waals surface area contributed by atoms with Crippen LogP contribution in [-0.4, -0.2) is 59.7 Å². The molecule has 2 aliphatic heterocycles. The fourth-order valence-electron chi connectivity index (χ4n) is 5.38. The molecule has 0 bridgehead atoms. The smallest absolute Gasteiger partial charge is 0.224 e. The van der Waals surface area contributed by atoms with E-state index < -0.39 is 0 Å². The molecule has 6 nitrogen and oxygen atoms in total. The van der Waals surface area contributed by atoms with Gasteiger partial charge >= 0.3 is 0 Å². The van der Waals surface area contributed by atoms with E-state index in [0.29, 0.717) is 12.0 Å². The van der Waals surface area contributed by atoms with Crippen LogP contribution >= 0.6 is 0 Å². The van der Waals surface area contributed by atoms with Gasteiger partial charge < -0.3 is 16.0 Å². The molecular formula is C22H38N6. The number of anilines is 2. The molecular weight excluding hydrogens is 348 g/mol. The summed E-state index contributed by atoms with van der Waals surface area (Å²) in [6.07, 6.45) is 15.1. The van der Waals surface area contributed by atoms with Gasteiger partial charge in [0.2, 0.25) is 5.95 Å². The Kier molecular flexibility index (Phi) is 7.02. The molecule has 1 saturated carbocycles. The second kappa shape index (κ2) is 9.88. The fraction of sp³-hybridized carbons (Fsp3) is 0.818. The van der Waals surface area contributed by atoms with Crippen molar-refractivity contribution in [2.45, 2.75) is 76.3 Å². The molecule has 2 saturated heterocycles. The topological polar surface area (TPSA) is 70.3 Å². The van der Waals surface area contributed by atoms with Crippen molar-refractivity contribution in [2.24, 2.45) is 11.7 Å². The maximum absolute atomic E-state index is 5.94. The summed E-state index contributed by atoms with van der Waals surface area (Å²) in [7, 11) is 0. The average Bonchev–Trinajstić information content (AvgIpc) is 2.94. The maximum Gasteiger partial charge on any atom is 0.224 e. The largest absolute Gasteiger partial charge is 0.356 e. The lowest BCUT2D eigenvalue weighted by molar-refractivity contribution is 0.184. The molecule has 0 aromatic carbocycles. The molecule has 0 amide bonds. The Labute approximate surface area is 170 Å². The molecule has 1 aromatic heterocycles. The van der Waals surface area contributed by atoms with Gasteiger partial charge in [-0.3, -0.25) is 4.90 Å². The normalized spacial score (nSPS) is 27.7. The number of rotatable bonds is 6. The van der Waals surface area contributed by atoms with E-state index in [2.05, 4.69) is 26.2 Å². The van der Waals surface area contributed by atoms with Crippen molar-refractivity contribution in [1.29, 1.82) is 0 Å². The zero-order valence-corrected chi connectivity index (χ0v) is 17.4. The molecule has 0 radical (unpaired) electrons. The highest BCUT2D eigenvalue weighted by molar-refractivity contribution is 5.43. The van der Waals surface area contributed by atoms with Crippen LogP contribution in [0.1, 0.15) is 64.2 Å². The van der Waals surface area contributed by atoms with Crippen LogP contribution in [0, 0.1) is 5.92 Å². The van der Waals surface area contributed by atoms with Gasteiger partial charge in [-0.1, -0.05) is 32.1 Å². The molecule has 6 heteroatoms. The van der Waals surface area contributed by atoms with Crippen molar-refractivity contribution in [3.63, 3.8) is 0 Å². The van der Waals surface area contributed by atoms with Gasteiger partial charge in [-0.25, -0.2) is 4.98 Å². The molecule has 3 heterocycles. The predicted molar refractivity (Wildman–Crippen MR) is 116 cm³/mol. The van der Waals surface area contributed by atoms with E-state index >= 15 is 0 Å². The highest BCUT2D eigenvalue weighted by Crippen LogP contribution is 2.30. The third-order valence-electron chi connectivity index (χ3n) is 6.98. The Morgan fingerprint density at radius 1 is 1.00 bits per heavy atom. The molecule has 3 N–H and O–H groups in total. The first-order chi connectivity index (χ1) is 13.8. The first-order valence-corrected chi connectivity index (χ1v) is 11.6. The predicted octanol–water partition coefficient (Wildman–Crippen LogP) is 3.25. The lowest BCUT2D eigenvalue weighted by Gasteiger charge is -2.31. The Morgan fingerprint density at radius 3 is 2.50 bits per heavy atom. The minimum absolute atomic E-state index is 0.407. The van der Waals surface area contributed by atoms with Gasteiger partial charge in [0.25, 0.3) is 0 Å². The minimum Gasteiger partial charge on any atom is -0.356 e. The fourth-order valence-corrected chi connectivity index (χ4v) is 5.38. The van der Waals surface area contributed by atoms with Crippen LogP contribution in [0.3, 0.4) is 0 Å². The van der Waals surface area contributed by atoms with E-state index in [1.165, 1.54) is 64.3 Å². The average molecular weight is 387 g/mol. The number of nitrogens with zero attached hydrogens (tertiary/aromatic N) is 4. The summed E-state index contributed by atoms with van der Waals surface area (Å²) in [6.45, 7) is 5.27. The minimum atomic E-state index is 0.407. The number of hydrogen-bond donors (Lipinski definition) is 2. The van der Waals surface area contributed by atoms with E-state index in [4.69, 9.17) is 10.7 Å². The maximum atomic E-state index is 5.94. The van der Waals surface area contributed by atoms with Crippen LogP contribution in [0.25, 0.3) is 0 Å². The van der Waals surface area contributed by atoms with Crippen molar-refractivity contribution < 1.29 is 0 Å². The quantitative estimate of drug-likeness (QED) is 0.782. The summed E-state index contributed by atoms with van der Waals surface area (Å²) < 4.78 is 0. The Bertz CT molecular complexity index is 594. The van der Waals surface area contributed by atoms with E-state index in [9.17, 15) is 0 Å². The van der Waals surface area contributed by atoms with Gasteiger partial charge in [0.15, 0.2) is 0 Å². The SMILES string of the molecule is NCCC1CN(C2CCCCC2)CC1Nc1nccc(N2CCCCCC2)n1. The van der Waals surface area contributed by atoms with Crippen LogP contribution in [0.2, 0.25) is 0 Å².